The van der Waals surface area contributed by atoms with Crippen molar-refractivity contribution in [2.75, 3.05) is 6.54 Å². The van der Waals surface area contributed by atoms with Crippen LogP contribution in [0.4, 0.5) is 0 Å². The van der Waals surface area contributed by atoms with Gasteiger partial charge in [0.15, 0.2) is 5.78 Å². The Hall–Kier alpha value is -0.680. The first-order valence-electron chi connectivity index (χ1n) is 7.45. The number of hydrogen-bond donors (Lipinski definition) is 1. The molecule has 1 aliphatic rings. The number of nitrogens with two attached hydrogens (primary N) is 1. The van der Waals surface area contributed by atoms with E-state index in [-0.39, 0.29) is 17.2 Å². The highest BCUT2D eigenvalue weighted by Crippen LogP contribution is 2.39. The summed E-state index contributed by atoms with van der Waals surface area (Å²) in [4.78, 5) is 12.7. The Kier molecular flexibility index (Phi) is 5.02. The van der Waals surface area contributed by atoms with Crippen molar-refractivity contribution in [3.63, 3.8) is 0 Å². The van der Waals surface area contributed by atoms with E-state index in [1.165, 1.54) is 19.3 Å². The fourth-order valence-corrected chi connectivity index (χ4v) is 3.67. The summed E-state index contributed by atoms with van der Waals surface area (Å²) in [7, 11) is 0. The van der Waals surface area contributed by atoms with Gasteiger partial charge in [0.1, 0.15) is 5.69 Å². The molecule has 2 N–H and O–H groups in total. The van der Waals surface area contributed by atoms with Gasteiger partial charge in [-0.25, -0.2) is 0 Å². The minimum Gasteiger partial charge on any atom is -0.330 e. The second-order valence-corrected chi connectivity index (χ2v) is 7.10. The van der Waals surface area contributed by atoms with Crippen molar-refractivity contribution in [1.82, 2.24) is 9.78 Å². The summed E-state index contributed by atoms with van der Waals surface area (Å²) >= 11 is 3.45. The Morgan fingerprint density at radius 3 is 2.65 bits per heavy atom. The van der Waals surface area contributed by atoms with Crippen molar-refractivity contribution in [3.05, 3.63) is 16.4 Å². The number of carbonyl (C=O) groups is 1. The minimum atomic E-state index is 0.000846. The number of Topliss-reactive ketones (excluding diaryl/α,β-unsaturated/α-hetero) is 1. The SMILES string of the molecule is CC(C)n1ncc(Br)c1C(=O)CC1(CN)CCCCC1. The van der Waals surface area contributed by atoms with Crippen LogP contribution in [0.5, 0.6) is 0 Å². The first kappa shape index (κ1) is 15.7. The standard InChI is InChI=1S/C15H24BrN3O/c1-11(2)19-14(12(16)9-18-19)13(20)8-15(10-17)6-4-3-5-7-15/h9,11H,3-8,10,17H2,1-2H3. The second-order valence-electron chi connectivity index (χ2n) is 6.24. The molecule has 0 unspecified atom stereocenters. The maximum Gasteiger partial charge on any atom is 0.182 e. The van der Waals surface area contributed by atoms with Crippen LogP contribution in [0.2, 0.25) is 0 Å². The number of halogens is 1. The lowest BCUT2D eigenvalue weighted by atomic mass is 9.71. The molecule has 5 heteroatoms. The van der Waals surface area contributed by atoms with Crippen LogP contribution in [0.1, 0.15) is 68.9 Å². The Labute approximate surface area is 129 Å². The highest BCUT2D eigenvalue weighted by Gasteiger charge is 2.34. The van der Waals surface area contributed by atoms with Gasteiger partial charge in [0.2, 0.25) is 0 Å². The lowest BCUT2D eigenvalue weighted by Gasteiger charge is -2.35. The number of hydrogen-bond acceptors (Lipinski definition) is 3. The lowest BCUT2D eigenvalue weighted by molar-refractivity contribution is 0.0854. The van der Waals surface area contributed by atoms with E-state index in [0.29, 0.717) is 18.7 Å². The second kappa shape index (κ2) is 6.39. The summed E-state index contributed by atoms with van der Waals surface area (Å²) in [5.74, 6) is 0.162. The molecule has 1 aromatic heterocycles. The molecule has 0 aliphatic heterocycles. The highest BCUT2D eigenvalue weighted by molar-refractivity contribution is 9.10. The van der Waals surface area contributed by atoms with E-state index in [2.05, 4.69) is 21.0 Å². The summed E-state index contributed by atoms with van der Waals surface area (Å²) in [5.41, 5.74) is 6.68. The van der Waals surface area contributed by atoms with Gasteiger partial charge in [-0.05, 0) is 54.6 Å². The fraction of sp³-hybridized carbons (Fsp3) is 0.733. The van der Waals surface area contributed by atoms with Gasteiger partial charge >= 0.3 is 0 Å². The van der Waals surface area contributed by atoms with Gasteiger partial charge in [0, 0.05) is 12.5 Å². The van der Waals surface area contributed by atoms with E-state index in [4.69, 9.17) is 5.73 Å². The normalized spacial score (nSPS) is 18.4. The third-order valence-corrected chi connectivity index (χ3v) is 4.97. The number of nitrogens with zero attached hydrogens (tertiary/aromatic N) is 2. The van der Waals surface area contributed by atoms with E-state index in [0.717, 1.165) is 17.3 Å². The fourth-order valence-electron chi connectivity index (χ4n) is 3.17. The van der Waals surface area contributed by atoms with Crippen LogP contribution < -0.4 is 5.73 Å². The predicted octanol–water partition coefficient (Wildman–Crippen LogP) is 3.71. The van der Waals surface area contributed by atoms with Gasteiger partial charge in [0.25, 0.3) is 0 Å². The van der Waals surface area contributed by atoms with Crippen LogP contribution >= 0.6 is 15.9 Å². The first-order chi connectivity index (χ1) is 9.49. The van der Waals surface area contributed by atoms with E-state index in [9.17, 15) is 4.79 Å². The summed E-state index contributed by atoms with van der Waals surface area (Å²) < 4.78 is 2.60. The number of rotatable bonds is 5. The Morgan fingerprint density at radius 2 is 2.10 bits per heavy atom. The number of carbonyl (C=O) groups excluding carboxylic acids is 1. The van der Waals surface area contributed by atoms with Crippen molar-refractivity contribution in [2.24, 2.45) is 11.1 Å². The number of aromatic nitrogens is 2. The average molecular weight is 342 g/mol. The van der Waals surface area contributed by atoms with Gasteiger partial charge < -0.3 is 5.73 Å². The van der Waals surface area contributed by atoms with Crippen LogP contribution in [0, 0.1) is 5.41 Å². The Bertz CT molecular complexity index is 475. The summed E-state index contributed by atoms with van der Waals surface area (Å²) in [6.45, 7) is 4.68. The van der Waals surface area contributed by atoms with Crippen molar-refractivity contribution >= 4 is 21.7 Å². The molecule has 2 rings (SSSR count). The molecule has 20 heavy (non-hydrogen) atoms. The van der Waals surface area contributed by atoms with Gasteiger partial charge in [-0.3, -0.25) is 9.48 Å². The average Bonchev–Trinajstić information content (AvgIpc) is 2.82. The molecule has 0 saturated heterocycles. The van der Waals surface area contributed by atoms with Gasteiger partial charge in [-0.1, -0.05) is 19.3 Å². The van der Waals surface area contributed by atoms with Gasteiger partial charge in [0.05, 0.1) is 10.7 Å². The Balaban J connectivity index is 2.21. The van der Waals surface area contributed by atoms with Crippen LogP contribution in [0.25, 0.3) is 0 Å². The third kappa shape index (κ3) is 3.14. The van der Waals surface area contributed by atoms with E-state index >= 15 is 0 Å². The Morgan fingerprint density at radius 1 is 1.45 bits per heavy atom. The molecule has 1 aliphatic carbocycles. The molecular formula is C15H24BrN3O. The van der Waals surface area contributed by atoms with Crippen molar-refractivity contribution in [2.45, 2.75) is 58.4 Å². The number of ketones is 1. The summed E-state index contributed by atoms with van der Waals surface area (Å²) in [5, 5.41) is 4.30. The molecule has 1 fully saturated rings. The van der Waals surface area contributed by atoms with Crippen LogP contribution in [0.3, 0.4) is 0 Å². The summed E-state index contributed by atoms with van der Waals surface area (Å²) in [6, 6.07) is 0.181. The largest absolute Gasteiger partial charge is 0.330 e. The van der Waals surface area contributed by atoms with Crippen molar-refractivity contribution < 1.29 is 4.79 Å². The lowest BCUT2D eigenvalue weighted by Crippen LogP contribution is -2.35. The van der Waals surface area contributed by atoms with E-state index in [1.807, 2.05) is 13.8 Å². The predicted molar refractivity (Wildman–Crippen MR) is 83.8 cm³/mol. The molecule has 0 radical (unpaired) electrons. The molecule has 1 heterocycles. The molecule has 0 bridgehead atoms. The molecular weight excluding hydrogens is 318 g/mol. The molecule has 0 aromatic carbocycles. The smallest absolute Gasteiger partial charge is 0.182 e. The van der Waals surface area contributed by atoms with E-state index in [1.54, 1.807) is 10.9 Å². The molecule has 1 saturated carbocycles. The maximum absolute atomic E-state index is 12.7. The topological polar surface area (TPSA) is 60.9 Å². The molecule has 4 nitrogen and oxygen atoms in total. The zero-order valence-electron chi connectivity index (χ0n) is 12.4. The zero-order valence-corrected chi connectivity index (χ0v) is 13.9. The first-order valence-corrected chi connectivity index (χ1v) is 8.25. The highest BCUT2D eigenvalue weighted by atomic mass is 79.9. The summed E-state index contributed by atoms with van der Waals surface area (Å²) in [6.07, 6.45) is 8.04. The molecule has 0 amide bonds. The van der Waals surface area contributed by atoms with Gasteiger partial charge in [-0.2, -0.15) is 5.10 Å². The molecule has 0 atom stereocenters. The van der Waals surface area contributed by atoms with Crippen LogP contribution in [0.15, 0.2) is 10.7 Å². The van der Waals surface area contributed by atoms with Crippen LogP contribution in [-0.2, 0) is 0 Å². The van der Waals surface area contributed by atoms with Crippen LogP contribution in [-0.4, -0.2) is 22.1 Å². The zero-order chi connectivity index (χ0) is 14.8. The van der Waals surface area contributed by atoms with Crippen molar-refractivity contribution in [1.29, 1.82) is 0 Å². The maximum atomic E-state index is 12.7. The third-order valence-electron chi connectivity index (χ3n) is 4.39. The monoisotopic (exact) mass is 341 g/mol. The minimum absolute atomic E-state index is 0.000846. The van der Waals surface area contributed by atoms with Crippen molar-refractivity contribution in [3.8, 4) is 0 Å². The van der Waals surface area contributed by atoms with E-state index < -0.39 is 0 Å². The quantitative estimate of drug-likeness (QED) is 0.830. The molecule has 1 aromatic rings. The molecule has 112 valence electrons. The van der Waals surface area contributed by atoms with Gasteiger partial charge in [-0.15, -0.1) is 0 Å². The molecule has 0 spiro atoms.